The number of carbonyl (C=O) groups is 3. The lowest BCUT2D eigenvalue weighted by molar-refractivity contribution is -0.156. The first-order valence-electron chi connectivity index (χ1n) is 9.07. The maximum atomic E-state index is 13.0. The molecule has 1 atom stereocenters. The predicted molar refractivity (Wildman–Crippen MR) is 102 cm³/mol. The maximum absolute atomic E-state index is 13.0. The molecule has 6 nitrogen and oxygen atoms in total. The molecular weight excluding hydrogens is 362 g/mol. The number of nitrogens with zero attached hydrogens (tertiary/aromatic N) is 3. The Bertz CT molecular complexity index is 837. The lowest BCUT2D eigenvalue weighted by Crippen LogP contribution is -2.59. The second-order valence-corrected chi connectivity index (χ2v) is 7.66. The number of rotatable bonds is 3. The Kier molecular flexibility index (Phi) is 4.94. The number of carbonyl (C=O) groups excluding carboxylic acids is 3. The van der Waals surface area contributed by atoms with E-state index in [-0.39, 0.29) is 24.3 Å². The van der Waals surface area contributed by atoms with E-state index in [1.54, 1.807) is 14.7 Å². The fourth-order valence-corrected chi connectivity index (χ4v) is 4.37. The number of hydrogen-bond donors (Lipinski definition) is 0. The molecule has 2 aliphatic heterocycles. The largest absolute Gasteiger partial charge is 0.337 e. The van der Waals surface area contributed by atoms with Gasteiger partial charge < -0.3 is 14.7 Å². The van der Waals surface area contributed by atoms with Crippen LogP contribution in [0.15, 0.2) is 47.2 Å². The van der Waals surface area contributed by atoms with E-state index in [9.17, 15) is 14.4 Å². The molecule has 2 fully saturated rings. The Morgan fingerprint density at radius 2 is 1.89 bits per heavy atom. The van der Waals surface area contributed by atoms with Crippen molar-refractivity contribution in [3.05, 3.63) is 58.3 Å². The van der Waals surface area contributed by atoms with Gasteiger partial charge in [-0.25, -0.2) is 0 Å². The number of thiophene rings is 1. The Morgan fingerprint density at radius 3 is 2.63 bits per heavy atom. The number of fused-ring (bicyclic) bond motifs is 1. The molecule has 0 saturated carbocycles. The molecule has 1 unspecified atom stereocenters. The lowest BCUT2D eigenvalue weighted by atomic mass is 10.1. The van der Waals surface area contributed by atoms with Crippen LogP contribution in [0.3, 0.4) is 0 Å². The van der Waals surface area contributed by atoms with Gasteiger partial charge in [0.25, 0.3) is 5.91 Å². The highest BCUT2D eigenvalue weighted by atomic mass is 32.1. The summed E-state index contributed by atoms with van der Waals surface area (Å²) in [5, 5.41) is 3.71. The van der Waals surface area contributed by atoms with Crippen molar-refractivity contribution in [2.45, 2.75) is 19.0 Å². The first-order chi connectivity index (χ1) is 13.1. The summed E-state index contributed by atoms with van der Waals surface area (Å²) in [6, 6.07) is 11.0. The van der Waals surface area contributed by atoms with Crippen LogP contribution in [-0.2, 0) is 16.1 Å². The van der Waals surface area contributed by atoms with Crippen LogP contribution in [0.4, 0.5) is 0 Å². The summed E-state index contributed by atoms with van der Waals surface area (Å²) in [6.07, 6.45) is 0.478. The summed E-state index contributed by atoms with van der Waals surface area (Å²) in [5.74, 6) is -0.0965. The zero-order valence-electron chi connectivity index (χ0n) is 14.9. The molecule has 2 aliphatic rings. The molecule has 1 aromatic heterocycles. The van der Waals surface area contributed by atoms with Gasteiger partial charge in [0, 0.05) is 31.6 Å². The summed E-state index contributed by atoms with van der Waals surface area (Å²) in [5.41, 5.74) is 1.68. The Morgan fingerprint density at radius 1 is 1.07 bits per heavy atom. The van der Waals surface area contributed by atoms with E-state index >= 15 is 0 Å². The zero-order valence-corrected chi connectivity index (χ0v) is 15.7. The number of hydrogen-bond acceptors (Lipinski definition) is 4. The topological polar surface area (TPSA) is 60.9 Å². The van der Waals surface area contributed by atoms with Gasteiger partial charge in [0.1, 0.15) is 12.6 Å². The van der Waals surface area contributed by atoms with Crippen LogP contribution in [0.25, 0.3) is 0 Å². The van der Waals surface area contributed by atoms with Crippen LogP contribution in [0.2, 0.25) is 0 Å². The van der Waals surface area contributed by atoms with Crippen molar-refractivity contribution in [3.8, 4) is 0 Å². The van der Waals surface area contributed by atoms with Crippen molar-refractivity contribution in [1.29, 1.82) is 0 Å². The average Bonchev–Trinajstić information content (AvgIpc) is 3.12. The van der Waals surface area contributed by atoms with Crippen molar-refractivity contribution < 1.29 is 14.4 Å². The summed E-state index contributed by atoms with van der Waals surface area (Å²) in [4.78, 5) is 43.3. The van der Waals surface area contributed by atoms with Gasteiger partial charge in [-0.3, -0.25) is 14.4 Å². The van der Waals surface area contributed by atoms with Gasteiger partial charge in [-0.15, -0.1) is 0 Å². The molecule has 0 radical (unpaired) electrons. The smallest absolute Gasteiger partial charge is 0.254 e. The summed E-state index contributed by atoms with van der Waals surface area (Å²) in [6.45, 7) is 1.89. The van der Waals surface area contributed by atoms with E-state index in [1.807, 2.05) is 47.2 Å². The van der Waals surface area contributed by atoms with Gasteiger partial charge in [0.2, 0.25) is 11.8 Å². The van der Waals surface area contributed by atoms with E-state index in [4.69, 9.17) is 0 Å². The normalized spacial score (nSPS) is 20.4. The molecule has 1 aromatic carbocycles. The highest BCUT2D eigenvalue weighted by molar-refractivity contribution is 7.08. The predicted octanol–water partition coefficient (Wildman–Crippen LogP) is 1.83. The molecule has 4 rings (SSSR count). The third-order valence-electron chi connectivity index (χ3n) is 5.17. The fourth-order valence-electron chi connectivity index (χ4n) is 3.74. The SMILES string of the molecule is O=C(c1ccsc1)N1CCC2C(=O)N(Cc3ccccc3)CC(=O)N2CC1. The second kappa shape index (κ2) is 7.52. The first kappa shape index (κ1) is 17.7. The van der Waals surface area contributed by atoms with Gasteiger partial charge in [0.15, 0.2) is 0 Å². The summed E-state index contributed by atoms with van der Waals surface area (Å²) in [7, 11) is 0. The van der Waals surface area contributed by atoms with E-state index in [0.717, 1.165) is 5.56 Å². The quantitative estimate of drug-likeness (QED) is 0.813. The molecule has 0 bridgehead atoms. The number of benzene rings is 1. The standard InChI is InChI=1S/C20H21N3O3S/c24-18-13-22(12-15-4-2-1-3-5-15)20(26)17-6-8-21(9-10-23(17)18)19(25)16-7-11-27-14-16/h1-5,7,11,14,17H,6,8-10,12-13H2. The van der Waals surface area contributed by atoms with Gasteiger partial charge in [-0.05, 0) is 23.4 Å². The number of amides is 3. The Labute approximate surface area is 162 Å². The first-order valence-corrected chi connectivity index (χ1v) is 10.0. The van der Waals surface area contributed by atoms with Crippen molar-refractivity contribution in [3.63, 3.8) is 0 Å². The molecular formula is C20H21N3O3S. The van der Waals surface area contributed by atoms with E-state index in [2.05, 4.69) is 0 Å². The van der Waals surface area contributed by atoms with E-state index in [0.29, 0.717) is 38.2 Å². The Hall–Kier alpha value is -2.67. The van der Waals surface area contributed by atoms with E-state index < -0.39 is 6.04 Å². The third kappa shape index (κ3) is 3.60. The van der Waals surface area contributed by atoms with Crippen molar-refractivity contribution in [2.24, 2.45) is 0 Å². The molecule has 3 amide bonds. The lowest BCUT2D eigenvalue weighted by Gasteiger charge is -2.39. The van der Waals surface area contributed by atoms with Crippen LogP contribution in [0.5, 0.6) is 0 Å². The number of piperazine rings is 1. The monoisotopic (exact) mass is 383 g/mol. The van der Waals surface area contributed by atoms with Crippen LogP contribution < -0.4 is 0 Å². The minimum atomic E-state index is -0.477. The van der Waals surface area contributed by atoms with Crippen molar-refractivity contribution in [2.75, 3.05) is 26.2 Å². The van der Waals surface area contributed by atoms with Crippen LogP contribution >= 0.6 is 11.3 Å². The van der Waals surface area contributed by atoms with Gasteiger partial charge in [-0.1, -0.05) is 30.3 Å². The van der Waals surface area contributed by atoms with Gasteiger partial charge >= 0.3 is 0 Å². The van der Waals surface area contributed by atoms with Gasteiger partial charge in [0.05, 0.1) is 5.56 Å². The van der Waals surface area contributed by atoms with Crippen molar-refractivity contribution in [1.82, 2.24) is 14.7 Å². The minimum absolute atomic E-state index is 0.0247. The van der Waals surface area contributed by atoms with E-state index in [1.165, 1.54) is 11.3 Å². The molecule has 27 heavy (non-hydrogen) atoms. The molecule has 7 heteroatoms. The van der Waals surface area contributed by atoms with Crippen LogP contribution in [-0.4, -0.2) is 64.6 Å². The molecule has 0 spiro atoms. The highest BCUT2D eigenvalue weighted by Crippen LogP contribution is 2.22. The molecule has 2 aromatic rings. The highest BCUT2D eigenvalue weighted by Gasteiger charge is 2.41. The molecule has 140 valence electrons. The average molecular weight is 383 g/mol. The molecule has 0 aliphatic carbocycles. The maximum Gasteiger partial charge on any atom is 0.254 e. The van der Waals surface area contributed by atoms with Gasteiger partial charge in [-0.2, -0.15) is 11.3 Å². The van der Waals surface area contributed by atoms with Crippen molar-refractivity contribution >= 4 is 29.1 Å². The zero-order chi connectivity index (χ0) is 18.8. The molecule has 3 heterocycles. The second-order valence-electron chi connectivity index (χ2n) is 6.88. The summed E-state index contributed by atoms with van der Waals surface area (Å²) >= 11 is 1.49. The molecule has 0 N–H and O–H groups in total. The van der Waals surface area contributed by atoms with Crippen LogP contribution in [0, 0.1) is 0 Å². The molecule has 2 saturated heterocycles. The van der Waals surface area contributed by atoms with Crippen LogP contribution in [0.1, 0.15) is 22.3 Å². The fraction of sp³-hybridized carbons (Fsp3) is 0.350. The third-order valence-corrected chi connectivity index (χ3v) is 5.86. The summed E-state index contributed by atoms with van der Waals surface area (Å²) < 4.78 is 0. The Balaban J connectivity index is 1.48. The minimum Gasteiger partial charge on any atom is -0.337 e.